The second-order valence-corrected chi connectivity index (χ2v) is 12.8. The number of anilines is 1. The first-order valence-electron chi connectivity index (χ1n) is 14.9. The lowest BCUT2D eigenvalue weighted by Gasteiger charge is -2.42. The summed E-state index contributed by atoms with van der Waals surface area (Å²) in [7, 11) is 0. The zero-order chi connectivity index (χ0) is 28.8. The summed E-state index contributed by atoms with van der Waals surface area (Å²) in [5.74, 6) is -1.52. The molecule has 3 unspecified atom stereocenters. The quantitative estimate of drug-likeness (QED) is 0.457. The highest BCUT2D eigenvalue weighted by molar-refractivity contribution is 8.07. The largest absolute Gasteiger partial charge is 0.510 e. The maximum atomic E-state index is 14.2. The zero-order valence-electron chi connectivity index (χ0n) is 23.4. The molecular formula is C32H35FN2O6S. The van der Waals surface area contributed by atoms with E-state index in [1.54, 1.807) is 17.1 Å². The first-order valence-corrected chi connectivity index (χ1v) is 15.7. The number of carbonyl (C=O) groups is 2. The molecule has 1 spiro atoms. The van der Waals surface area contributed by atoms with Crippen LogP contribution in [0.3, 0.4) is 0 Å². The van der Waals surface area contributed by atoms with E-state index in [9.17, 15) is 19.1 Å². The van der Waals surface area contributed by atoms with Crippen molar-refractivity contribution < 1.29 is 33.3 Å². The highest BCUT2D eigenvalue weighted by Crippen LogP contribution is 2.58. The number of rotatable bonds is 6. The third-order valence-electron chi connectivity index (χ3n) is 9.27. The van der Waals surface area contributed by atoms with Crippen LogP contribution in [0.15, 0.2) is 63.8 Å². The van der Waals surface area contributed by atoms with Crippen LogP contribution in [0.4, 0.5) is 10.1 Å². The van der Waals surface area contributed by atoms with Gasteiger partial charge in [0, 0.05) is 42.1 Å². The van der Waals surface area contributed by atoms with E-state index in [2.05, 4.69) is 11.0 Å². The second-order valence-electron chi connectivity index (χ2n) is 11.7. The summed E-state index contributed by atoms with van der Waals surface area (Å²) in [5.41, 5.74) is 2.33. The van der Waals surface area contributed by atoms with Gasteiger partial charge < -0.3 is 19.3 Å². The Kier molecular flexibility index (Phi) is 7.40. The molecule has 1 saturated heterocycles. The van der Waals surface area contributed by atoms with Crippen LogP contribution < -0.4 is 9.64 Å². The summed E-state index contributed by atoms with van der Waals surface area (Å²) in [4.78, 5) is 32.0. The van der Waals surface area contributed by atoms with Gasteiger partial charge in [-0.15, -0.1) is 0 Å². The molecule has 7 rings (SSSR count). The number of aliphatic hydroxyl groups is 1. The number of fused-ring (bicyclic) bond motifs is 6. The molecule has 222 valence electrons. The molecule has 1 saturated carbocycles. The lowest BCUT2D eigenvalue weighted by Crippen LogP contribution is -2.50. The minimum atomic E-state index is -1.07. The van der Waals surface area contributed by atoms with E-state index < -0.39 is 24.2 Å². The highest BCUT2D eigenvalue weighted by Gasteiger charge is 2.56. The molecule has 3 atom stereocenters. The number of alkyl halides is 1. The average Bonchev–Trinajstić information content (AvgIpc) is 3.25. The molecule has 42 heavy (non-hydrogen) atoms. The number of hydrogen-bond donors (Lipinski definition) is 1. The first kappa shape index (κ1) is 27.7. The van der Waals surface area contributed by atoms with Crippen molar-refractivity contribution in [1.29, 1.82) is 0 Å². The summed E-state index contributed by atoms with van der Waals surface area (Å²) >= 11 is 1.01. The maximum Gasteiger partial charge on any atom is 0.349 e. The van der Waals surface area contributed by atoms with Gasteiger partial charge in [0.1, 0.15) is 41.2 Å². The standard InChI is InChI=1S/C32H35FN2O6S/c33-20-4-7-22(8-5-20)42-29-28(36)27-25(41-31(29)38)19-26-32(10-2-1-3-11-32)23-18-21(6-9-24(23)35(26)30(27)37)40-17-14-34-12-15-39-16-13-34/h4,6-9,18-20,25,27,36H,1-3,5,10-17H2. The van der Waals surface area contributed by atoms with Crippen LogP contribution in [0.25, 0.3) is 0 Å². The Morgan fingerprint density at radius 1 is 1.14 bits per heavy atom. The lowest BCUT2D eigenvalue weighted by molar-refractivity contribution is -0.148. The van der Waals surface area contributed by atoms with Crippen molar-refractivity contribution in [2.75, 3.05) is 44.4 Å². The fourth-order valence-electron chi connectivity index (χ4n) is 7.13. The third-order valence-corrected chi connectivity index (χ3v) is 10.4. The fourth-order valence-corrected chi connectivity index (χ4v) is 8.05. The number of halogens is 1. The lowest BCUT2D eigenvalue weighted by atomic mass is 9.68. The third kappa shape index (κ3) is 4.77. The van der Waals surface area contributed by atoms with Crippen LogP contribution >= 0.6 is 11.8 Å². The average molecular weight is 595 g/mol. The number of aliphatic hydroxyl groups excluding tert-OH is 1. The number of allylic oxidation sites excluding steroid dienone is 4. The predicted octanol–water partition coefficient (Wildman–Crippen LogP) is 5.07. The molecule has 0 aromatic heterocycles. The van der Waals surface area contributed by atoms with E-state index in [0.717, 1.165) is 99.4 Å². The number of morpholine rings is 1. The van der Waals surface area contributed by atoms with Crippen LogP contribution in [0.1, 0.15) is 44.1 Å². The van der Waals surface area contributed by atoms with Gasteiger partial charge in [-0.05, 0) is 54.8 Å². The van der Waals surface area contributed by atoms with E-state index in [-0.39, 0.29) is 28.4 Å². The summed E-state index contributed by atoms with van der Waals surface area (Å²) in [5, 5.41) is 11.3. The summed E-state index contributed by atoms with van der Waals surface area (Å²) in [6.45, 7) is 4.69. The summed E-state index contributed by atoms with van der Waals surface area (Å²) in [6.07, 6.45) is 9.79. The van der Waals surface area contributed by atoms with E-state index in [0.29, 0.717) is 11.5 Å². The number of thioether (sulfide) groups is 1. The smallest absolute Gasteiger partial charge is 0.349 e. The minimum Gasteiger partial charge on any atom is -0.510 e. The van der Waals surface area contributed by atoms with Gasteiger partial charge in [-0.1, -0.05) is 37.1 Å². The zero-order valence-corrected chi connectivity index (χ0v) is 24.2. The van der Waals surface area contributed by atoms with Crippen molar-refractivity contribution in [3.05, 3.63) is 69.3 Å². The number of carbonyl (C=O) groups excluding carboxylic acids is 2. The van der Waals surface area contributed by atoms with Gasteiger partial charge in [0.15, 0.2) is 0 Å². The Labute approximate surface area is 248 Å². The molecule has 1 N–H and O–H groups in total. The van der Waals surface area contributed by atoms with E-state index in [4.69, 9.17) is 14.2 Å². The molecule has 8 nitrogen and oxygen atoms in total. The number of benzene rings is 1. The molecule has 4 aliphatic heterocycles. The molecule has 10 heteroatoms. The fraction of sp³-hybridized carbons (Fsp3) is 0.500. The van der Waals surface area contributed by atoms with Crippen LogP contribution in [0.2, 0.25) is 0 Å². The molecule has 2 aliphatic carbocycles. The molecule has 1 amide bonds. The number of hydrogen-bond acceptors (Lipinski definition) is 8. The second kappa shape index (κ2) is 11.2. The maximum absolute atomic E-state index is 14.2. The normalized spacial score (nSPS) is 28.6. The minimum absolute atomic E-state index is 0.0227. The van der Waals surface area contributed by atoms with Gasteiger partial charge in [-0.2, -0.15) is 0 Å². The summed E-state index contributed by atoms with van der Waals surface area (Å²) < 4.78 is 31.0. The van der Waals surface area contributed by atoms with Gasteiger partial charge >= 0.3 is 5.97 Å². The molecule has 1 aromatic rings. The molecule has 4 heterocycles. The van der Waals surface area contributed by atoms with Gasteiger partial charge in [-0.25, -0.2) is 9.18 Å². The van der Waals surface area contributed by atoms with Gasteiger partial charge in [-0.3, -0.25) is 14.6 Å². The van der Waals surface area contributed by atoms with Gasteiger partial charge in [0.05, 0.1) is 18.9 Å². The van der Waals surface area contributed by atoms with E-state index in [1.807, 2.05) is 18.2 Å². The van der Waals surface area contributed by atoms with Crippen molar-refractivity contribution in [3.8, 4) is 5.75 Å². The monoisotopic (exact) mass is 594 g/mol. The first-order chi connectivity index (χ1) is 20.4. The Balaban J connectivity index is 1.19. The predicted molar refractivity (Wildman–Crippen MR) is 157 cm³/mol. The molecule has 2 fully saturated rings. The van der Waals surface area contributed by atoms with Crippen LogP contribution in [0.5, 0.6) is 5.75 Å². The van der Waals surface area contributed by atoms with Crippen LogP contribution in [-0.4, -0.2) is 73.6 Å². The molecule has 0 radical (unpaired) electrons. The Morgan fingerprint density at radius 3 is 2.71 bits per heavy atom. The molecule has 1 aromatic carbocycles. The van der Waals surface area contributed by atoms with Crippen LogP contribution in [0, 0.1) is 5.92 Å². The summed E-state index contributed by atoms with van der Waals surface area (Å²) in [6, 6.07) is 5.94. The molecule has 6 aliphatic rings. The number of amides is 1. The van der Waals surface area contributed by atoms with Crippen molar-refractivity contribution in [2.24, 2.45) is 5.92 Å². The number of nitrogens with zero attached hydrogens (tertiary/aromatic N) is 2. The van der Waals surface area contributed by atoms with Gasteiger partial charge in [0.2, 0.25) is 5.91 Å². The SMILES string of the molecule is O=C1OC2C=C3N(C(=O)C2C(O)=C1SC1=CCC(F)C=C1)c1ccc(OCCN2CCOCC2)cc1C31CCCCC1. The van der Waals surface area contributed by atoms with Crippen molar-refractivity contribution in [2.45, 2.75) is 56.2 Å². The van der Waals surface area contributed by atoms with E-state index >= 15 is 0 Å². The van der Waals surface area contributed by atoms with Gasteiger partial charge in [0.25, 0.3) is 0 Å². The topological polar surface area (TPSA) is 88.5 Å². The van der Waals surface area contributed by atoms with Crippen LogP contribution in [-0.2, 0) is 24.5 Å². The van der Waals surface area contributed by atoms with E-state index in [1.165, 1.54) is 6.08 Å². The van der Waals surface area contributed by atoms with Crippen molar-refractivity contribution in [1.82, 2.24) is 4.90 Å². The number of esters is 1. The molecular weight excluding hydrogens is 559 g/mol. The molecule has 0 bridgehead atoms. The highest BCUT2D eigenvalue weighted by atomic mass is 32.2. The Hall–Kier alpha value is -3.08. The van der Waals surface area contributed by atoms with Crippen molar-refractivity contribution >= 4 is 29.3 Å². The Morgan fingerprint density at radius 2 is 1.95 bits per heavy atom. The van der Waals surface area contributed by atoms with Crippen molar-refractivity contribution in [3.63, 3.8) is 0 Å². The Bertz CT molecular complexity index is 1410. The number of ether oxygens (including phenoxy) is 3.